The maximum atomic E-state index is 12.8. The number of benzene rings is 1. The molecule has 1 N–H and O–H groups in total. The van der Waals surface area contributed by atoms with Crippen molar-refractivity contribution >= 4 is 17.3 Å². The maximum Gasteiger partial charge on any atom is 0.345 e. The molecule has 1 unspecified atom stereocenters. The second-order valence-corrected chi connectivity index (χ2v) is 5.97. The van der Waals surface area contributed by atoms with E-state index in [-0.39, 0.29) is 24.0 Å². The monoisotopic (exact) mass is 340 g/mol. The third-order valence-corrected chi connectivity index (χ3v) is 4.34. The first-order valence-corrected chi connectivity index (χ1v) is 8.31. The molecule has 1 aromatic heterocycles. The summed E-state index contributed by atoms with van der Waals surface area (Å²) < 4.78 is 6.40. The Morgan fingerprint density at radius 2 is 2.08 bits per heavy atom. The zero-order chi connectivity index (χ0) is 18.0. The third kappa shape index (κ3) is 3.07. The van der Waals surface area contributed by atoms with Gasteiger partial charge in [0.15, 0.2) is 0 Å². The van der Waals surface area contributed by atoms with Crippen LogP contribution in [-0.2, 0) is 4.74 Å². The number of hydrogen-bond donors (Lipinski definition) is 1. The molecular formula is C19H20N2O4. The van der Waals surface area contributed by atoms with Crippen LogP contribution in [0.3, 0.4) is 0 Å². The van der Waals surface area contributed by atoms with E-state index in [2.05, 4.69) is 4.98 Å². The van der Waals surface area contributed by atoms with Crippen LogP contribution in [0.15, 0.2) is 41.3 Å². The average Bonchev–Trinajstić information content (AvgIpc) is 2.62. The molecule has 0 bridgehead atoms. The number of fused-ring (bicyclic) bond motifs is 1. The van der Waals surface area contributed by atoms with E-state index in [9.17, 15) is 14.7 Å². The van der Waals surface area contributed by atoms with Crippen molar-refractivity contribution in [3.05, 3.63) is 63.8 Å². The number of allylic oxidation sites excluding steroid dienone is 1. The number of ether oxygens (including phenoxy) is 1. The van der Waals surface area contributed by atoms with Gasteiger partial charge in [0.05, 0.1) is 6.61 Å². The molecule has 3 rings (SSSR count). The number of hydrogen-bond acceptors (Lipinski definition) is 5. The molecule has 130 valence electrons. The number of carbonyl (C=O) groups excluding carboxylic acids is 1. The molecule has 6 heteroatoms. The normalized spacial score (nSPS) is 18.4. The van der Waals surface area contributed by atoms with Crippen molar-refractivity contribution < 1.29 is 14.6 Å². The number of esters is 1. The Balaban J connectivity index is 2.16. The second kappa shape index (κ2) is 6.93. The summed E-state index contributed by atoms with van der Waals surface area (Å²) in [5, 5.41) is 10.7. The molecule has 1 aromatic carbocycles. The molecule has 25 heavy (non-hydrogen) atoms. The fourth-order valence-corrected chi connectivity index (χ4v) is 3.04. The fraction of sp³-hybridized carbons (Fsp3) is 0.316. The molecule has 6 nitrogen and oxygen atoms in total. The predicted molar refractivity (Wildman–Crippen MR) is 94.3 cm³/mol. The quantitative estimate of drug-likeness (QED) is 0.685. The lowest BCUT2D eigenvalue weighted by Crippen LogP contribution is -2.34. The first kappa shape index (κ1) is 17.0. The average molecular weight is 340 g/mol. The largest absolute Gasteiger partial charge is 0.507 e. The summed E-state index contributed by atoms with van der Waals surface area (Å²) in [7, 11) is 0. The van der Waals surface area contributed by atoms with E-state index in [1.165, 1.54) is 10.8 Å². The summed E-state index contributed by atoms with van der Waals surface area (Å²) in [5.74, 6) is -0.166. The smallest absolute Gasteiger partial charge is 0.345 e. The Bertz CT molecular complexity index is 884. The topological polar surface area (TPSA) is 81.4 Å². The van der Waals surface area contributed by atoms with Crippen LogP contribution in [0.1, 0.15) is 54.5 Å². The number of nitrogens with zero attached hydrogens (tertiary/aromatic N) is 2. The van der Waals surface area contributed by atoms with Gasteiger partial charge in [-0.3, -0.25) is 9.36 Å². The Morgan fingerprint density at radius 3 is 2.76 bits per heavy atom. The number of aliphatic hydroxyl groups is 1. The Morgan fingerprint density at radius 1 is 1.36 bits per heavy atom. The van der Waals surface area contributed by atoms with E-state index in [0.29, 0.717) is 29.8 Å². The lowest BCUT2D eigenvalue weighted by molar-refractivity contribution is 0.0522. The van der Waals surface area contributed by atoms with Crippen molar-refractivity contribution in [3.63, 3.8) is 0 Å². The van der Waals surface area contributed by atoms with Crippen LogP contribution in [-0.4, -0.2) is 27.2 Å². The Labute approximate surface area is 145 Å². The standard InChI is InChI=1S/C19H20N2O4/c1-3-25-19(24)15-11-20-17-14(10-9-12(2)21(17)18(15)23)16(22)13-7-5-4-6-8-13/h4-8,11-12,22H,3,9-10H2,1-2H3/b16-14-. The number of aromatic nitrogens is 2. The van der Waals surface area contributed by atoms with Gasteiger partial charge in [0.2, 0.25) is 0 Å². The van der Waals surface area contributed by atoms with Gasteiger partial charge in [0, 0.05) is 23.4 Å². The zero-order valence-electron chi connectivity index (χ0n) is 14.2. The summed E-state index contributed by atoms with van der Waals surface area (Å²) in [4.78, 5) is 29.0. The molecule has 0 spiro atoms. The molecule has 0 aliphatic carbocycles. The van der Waals surface area contributed by atoms with Gasteiger partial charge in [0.1, 0.15) is 17.1 Å². The van der Waals surface area contributed by atoms with Crippen molar-refractivity contribution in [2.45, 2.75) is 32.7 Å². The maximum absolute atomic E-state index is 12.8. The van der Waals surface area contributed by atoms with Gasteiger partial charge in [0.25, 0.3) is 5.56 Å². The van der Waals surface area contributed by atoms with E-state index in [1.807, 2.05) is 25.1 Å². The van der Waals surface area contributed by atoms with Crippen LogP contribution in [0, 0.1) is 0 Å². The molecular weight excluding hydrogens is 320 g/mol. The van der Waals surface area contributed by atoms with E-state index < -0.39 is 11.5 Å². The summed E-state index contributed by atoms with van der Waals surface area (Å²) >= 11 is 0. The van der Waals surface area contributed by atoms with Gasteiger partial charge in [-0.1, -0.05) is 30.3 Å². The van der Waals surface area contributed by atoms with Crippen molar-refractivity contribution in [1.82, 2.24) is 9.55 Å². The predicted octanol–water partition coefficient (Wildman–Crippen LogP) is 3.20. The van der Waals surface area contributed by atoms with E-state index >= 15 is 0 Å². The van der Waals surface area contributed by atoms with Crippen LogP contribution in [0.5, 0.6) is 0 Å². The molecule has 2 heterocycles. The van der Waals surface area contributed by atoms with Crippen LogP contribution in [0.4, 0.5) is 0 Å². The van der Waals surface area contributed by atoms with E-state index in [1.54, 1.807) is 19.1 Å². The molecule has 0 radical (unpaired) electrons. The Hall–Kier alpha value is -2.89. The van der Waals surface area contributed by atoms with Gasteiger partial charge in [-0.15, -0.1) is 0 Å². The molecule has 0 saturated heterocycles. The molecule has 2 aromatic rings. The highest BCUT2D eigenvalue weighted by molar-refractivity contribution is 5.89. The van der Waals surface area contributed by atoms with Crippen LogP contribution in [0.2, 0.25) is 0 Å². The van der Waals surface area contributed by atoms with Crippen molar-refractivity contribution in [3.8, 4) is 0 Å². The van der Waals surface area contributed by atoms with Crippen molar-refractivity contribution in [2.75, 3.05) is 6.61 Å². The third-order valence-electron chi connectivity index (χ3n) is 4.34. The minimum atomic E-state index is -0.675. The zero-order valence-corrected chi connectivity index (χ0v) is 14.2. The SMILES string of the molecule is CCOC(=O)c1cnc2n(c1=O)C(C)CC/C2=C(/O)c1ccccc1. The van der Waals surface area contributed by atoms with E-state index in [0.717, 1.165) is 0 Å². The molecule has 0 fully saturated rings. The molecule has 1 aliphatic rings. The number of aliphatic hydroxyl groups excluding tert-OH is 1. The minimum Gasteiger partial charge on any atom is -0.507 e. The lowest BCUT2D eigenvalue weighted by Gasteiger charge is -2.27. The van der Waals surface area contributed by atoms with Gasteiger partial charge >= 0.3 is 5.97 Å². The van der Waals surface area contributed by atoms with Gasteiger partial charge in [-0.2, -0.15) is 0 Å². The highest BCUT2D eigenvalue weighted by Crippen LogP contribution is 2.34. The van der Waals surface area contributed by atoms with E-state index in [4.69, 9.17) is 4.74 Å². The molecule has 0 amide bonds. The van der Waals surface area contributed by atoms with Crippen molar-refractivity contribution in [1.29, 1.82) is 0 Å². The molecule has 1 aliphatic heterocycles. The molecule has 1 atom stereocenters. The lowest BCUT2D eigenvalue weighted by atomic mass is 9.96. The first-order chi connectivity index (χ1) is 12.0. The highest BCUT2D eigenvalue weighted by atomic mass is 16.5. The fourth-order valence-electron chi connectivity index (χ4n) is 3.04. The van der Waals surface area contributed by atoms with Gasteiger partial charge in [-0.25, -0.2) is 9.78 Å². The number of rotatable bonds is 3. The summed E-state index contributed by atoms with van der Waals surface area (Å²) in [6.45, 7) is 3.77. The van der Waals surface area contributed by atoms with Crippen molar-refractivity contribution in [2.24, 2.45) is 0 Å². The van der Waals surface area contributed by atoms with Crippen LogP contribution < -0.4 is 5.56 Å². The first-order valence-electron chi connectivity index (χ1n) is 8.31. The minimum absolute atomic E-state index is 0.0853. The van der Waals surface area contributed by atoms with Gasteiger partial charge < -0.3 is 9.84 Å². The van der Waals surface area contributed by atoms with Crippen LogP contribution in [0.25, 0.3) is 11.3 Å². The summed E-state index contributed by atoms with van der Waals surface area (Å²) in [6, 6.07) is 9.03. The second-order valence-electron chi connectivity index (χ2n) is 5.97. The highest BCUT2D eigenvalue weighted by Gasteiger charge is 2.28. The van der Waals surface area contributed by atoms with Crippen LogP contribution >= 0.6 is 0 Å². The number of carbonyl (C=O) groups is 1. The summed E-state index contributed by atoms with van der Waals surface area (Å²) in [6.07, 6.45) is 2.52. The van der Waals surface area contributed by atoms with Gasteiger partial charge in [-0.05, 0) is 26.7 Å². The summed E-state index contributed by atoms with van der Waals surface area (Å²) in [5.41, 5.74) is 0.756. The molecule has 0 saturated carbocycles. The Kier molecular flexibility index (Phi) is 4.70.